The van der Waals surface area contributed by atoms with Gasteiger partial charge in [-0.2, -0.15) is 0 Å². The first-order valence-corrected chi connectivity index (χ1v) is 8.24. The van der Waals surface area contributed by atoms with Crippen LogP contribution in [-0.4, -0.2) is 38.4 Å². The number of hydrogen-bond donors (Lipinski definition) is 2. The predicted molar refractivity (Wildman–Crippen MR) is 92.0 cm³/mol. The number of hydrogen-bond acceptors (Lipinski definition) is 4. The van der Waals surface area contributed by atoms with Crippen LogP contribution in [-0.2, 0) is 4.74 Å². The molecule has 0 saturated carbocycles. The van der Waals surface area contributed by atoms with E-state index in [0.29, 0.717) is 6.61 Å². The molecular formula is C19H18N2O4. The molecule has 1 aliphatic rings. The molecule has 2 atom stereocenters. The van der Waals surface area contributed by atoms with E-state index < -0.39 is 12.1 Å². The second kappa shape index (κ2) is 6.31. The molecular weight excluding hydrogens is 320 g/mol. The van der Waals surface area contributed by atoms with E-state index in [1.54, 1.807) is 30.5 Å². The van der Waals surface area contributed by atoms with E-state index in [9.17, 15) is 9.90 Å². The Labute approximate surface area is 144 Å². The Hall–Kier alpha value is -2.70. The molecule has 6 nitrogen and oxygen atoms in total. The van der Waals surface area contributed by atoms with Crippen LogP contribution in [0.25, 0.3) is 16.7 Å². The van der Waals surface area contributed by atoms with Gasteiger partial charge in [-0.1, -0.05) is 0 Å². The highest BCUT2D eigenvalue weighted by Gasteiger charge is 2.26. The van der Waals surface area contributed by atoms with Crippen molar-refractivity contribution in [2.24, 2.45) is 0 Å². The smallest absolute Gasteiger partial charge is 0.335 e. The Kier molecular flexibility index (Phi) is 3.99. The van der Waals surface area contributed by atoms with Gasteiger partial charge in [-0.15, -0.1) is 0 Å². The fourth-order valence-corrected chi connectivity index (χ4v) is 3.24. The van der Waals surface area contributed by atoms with Crippen molar-refractivity contribution in [3.8, 4) is 5.69 Å². The third kappa shape index (κ3) is 2.90. The summed E-state index contributed by atoms with van der Waals surface area (Å²) in [7, 11) is 0. The number of carbonyl (C=O) groups is 1. The number of fused-ring (bicyclic) bond motifs is 1. The summed E-state index contributed by atoms with van der Waals surface area (Å²) in [5.74, 6) is -0.949. The van der Waals surface area contributed by atoms with Crippen molar-refractivity contribution in [2.75, 3.05) is 6.61 Å². The van der Waals surface area contributed by atoms with Gasteiger partial charge in [0.25, 0.3) is 0 Å². The average Bonchev–Trinajstić information content (AvgIpc) is 3.30. The first-order valence-electron chi connectivity index (χ1n) is 8.24. The highest BCUT2D eigenvalue weighted by molar-refractivity contribution is 5.88. The Morgan fingerprint density at radius 2 is 2.08 bits per heavy atom. The van der Waals surface area contributed by atoms with Gasteiger partial charge in [-0.25, -0.2) is 9.78 Å². The molecule has 25 heavy (non-hydrogen) atoms. The second-order valence-corrected chi connectivity index (χ2v) is 6.22. The number of rotatable bonds is 4. The maximum absolute atomic E-state index is 11.0. The van der Waals surface area contributed by atoms with Gasteiger partial charge in [-0.05, 0) is 49.2 Å². The van der Waals surface area contributed by atoms with Crippen molar-refractivity contribution in [3.05, 3.63) is 59.9 Å². The molecule has 0 aliphatic carbocycles. The summed E-state index contributed by atoms with van der Waals surface area (Å²) in [5, 5.41) is 20.4. The first kappa shape index (κ1) is 15.8. The van der Waals surface area contributed by atoms with E-state index in [4.69, 9.17) is 9.84 Å². The van der Waals surface area contributed by atoms with Crippen molar-refractivity contribution in [1.29, 1.82) is 0 Å². The molecule has 0 bridgehead atoms. The molecule has 2 aromatic heterocycles. The average molecular weight is 338 g/mol. The monoisotopic (exact) mass is 338 g/mol. The highest BCUT2D eigenvalue weighted by atomic mass is 16.5. The van der Waals surface area contributed by atoms with Gasteiger partial charge in [0.05, 0.1) is 11.7 Å². The van der Waals surface area contributed by atoms with Crippen LogP contribution in [0, 0.1) is 0 Å². The van der Waals surface area contributed by atoms with Crippen LogP contribution in [0.15, 0.2) is 48.8 Å². The number of pyridine rings is 1. The van der Waals surface area contributed by atoms with E-state index in [1.165, 1.54) is 0 Å². The zero-order valence-corrected chi connectivity index (χ0v) is 13.5. The van der Waals surface area contributed by atoms with Crippen molar-refractivity contribution in [3.63, 3.8) is 0 Å². The molecule has 1 fully saturated rings. The minimum absolute atomic E-state index is 0.162. The normalized spacial score (nSPS) is 18.5. The van der Waals surface area contributed by atoms with Crippen molar-refractivity contribution in [2.45, 2.75) is 25.0 Å². The van der Waals surface area contributed by atoms with Gasteiger partial charge in [0.1, 0.15) is 11.8 Å². The third-order valence-electron chi connectivity index (χ3n) is 4.60. The fraction of sp³-hybridized carbons (Fsp3) is 0.263. The standard InChI is InChI=1S/C19H18N2O4/c22-17(16-2-1-9-25-16)14-10-13-7-8-21(18(13)20-11-14)15-5-3-12(4-6-15)19(23)24/h3-8,10-11,16-17,22H,1-2,9H2,(H,23,24). The number of aliphatic hydroxyl groups excluding tert-OH is 1. The maximum atomic E-state index is 11.0. The topological polar surface area (TPSA) is 84.6 Å². The molecule has 1 aromatic carbocycles. The molecule has 0 spiro atoms. The van der Waals surface area contributed by atoms with Crippen LogP contribution < -0.4 is 0 Å². The van der Waals surface area contributed by atoms with Crippen molar-refractivity contribution >= 4 is 17.0 Å². The van der Waals surface area contributed by atoms with Crippen LogP contribution in [0.5, 0.6) is 0 Å². The fourth-order valence-electron chi connectivity index (χ4n) is 3.24. The Morgan fingerprint density at radius 3 is 2.76 bits per heavy atom. The van der Waals surface area contributed by atoms with Crippen molar-refractivity contribution in [1.82, 2.24) is 9.55 Å². The van der Waals surface area contributed by atoms with E-state index in [1.807, 2.05) is 22.9 Å². The first-order chi connectivity index (χ1) is 12.1. The Morgan fingerprint density at radius 1 is 1.28 bits per heavy atom. The van der Waals surface area contributed by atoms with Crippen LogP contribution in [0.2, 0.25) is 0 Å². The molecule has 128 valence electrons. The van der Waals surface area contributed by atoms with Gasteiger partial charge in [0, 0.05) is 35.6 Å². The number of carboxylic acids is 1. The SMILES string of the molecule is O=C(O)c1ccc(-n2ccc3cc(C(O)C4CCCO4)cnc32)cc1. The zero-order valence-electron chi connectivity index (χ0n) is 13.5. The summed E-state index contributed by atoms with van der Waals surface area (Å²) >= 11 is 0. The quantitative estimate of drug-likeness (QED) is 0.764. The molecule has 2 N–H and O–H groups in total. The third-order valence-corrected chi connectivity index (χ3v) is 4.60. The maximum Gasteiger partial charge on any atom is 0.335 e. The van der Waals surface area contributed by atoms with Gasteiger partial charge < -0.3 is 19.5 Å². The molecule has 1 aliphatic heterocycles. The molecule has 6 heteroatoms. The largest absolute Gasteiger partial charge is 0.478 e. The number of ether oxygens (including phenoxy) is 1. The lowest BCUT2D eigenvalue weighted by atomic mass is 10.0. The summed E-state index contributed by atoms with van der Waals surface area (Å²) in [4.78, 5) is 15.5. The summed E-state index contributed by atoms with van der Waals surface area (Å²) in [6.07, 6.45) is 4.56. The number of aromatic carboxylic acids is 1. The van der Waals surface area contributed by atoms with E-state index in [0.717, 1.165) is 35.1 Å². The summed E-state index contributed by atoms with van der Waals surface area (Å²) in [6, 6.07) is 10.5. The minimum atomic E-state index is -0.949. The zero-order chi connectivity index (χ0) is 17.4. The van der Waals surface area contributed by atoms with E-state index in [-0.39, 0.29) is 11.7 Å². The number of aromatic nitrogens is 2. The predicted octanol–water partition coefficient (Wildman–Crippen LogP) is 2.94. The van der Waals surface area contributed by atoms with Crippen LogP contribution in [0.1, 0.15) is 34.9 Å². The number of aliphatic hydroxyl groups is 1. The van der Waals surface area contributed by atoms with E-state index in [2.05, 4.69) is 4.98 Å². The Balaban J connectivity index is 1.66. The molecule has 2 unspecified atom stereocenters. The summed E-state index contributed by atoms with van der Waals surface area (Å²) < 4.78 is 7.45. The number of benzene rings is 1. The van der Waals surface area contributed by atoms with Gasteiger partial charge in [0.15, 0.2) is 0 Å². The van der Waals surface area contributed by atoms with Crippen LogP contribution in [0.3, 0.4) is 0 Å². The highest BCUT2D eigenvalue weighted by Crippen LogP contribution is 2.29. The second-order valence-electron chi connectivity index (χ2n) is 6.22. The molecule has 1 saturated heterocycles. The van der Waals surface area contributed by atoms with Crippen LogP contribution in [0.4, 0.5) is 0 Å². The van der Waals surface area contributed by atoms with E-state index >= 15 is 0 Å². The van der Waals surface area contributed by atoms with Crippen molar-refractivity contribution < 1.29 is 19.7 Å². The van der Waals surface area contributed by atoms with Gasteiger partial charge in [0.2, 0.25) is 0 Å². The lowest BCUT2D eigenvalue weighted by Crippen LogP contribution is -2.17. The molecule has 0 radical (unpaired) electrons. The lowest BCUT2D eigenvalue weighted by Gasteiger charge is -2.17. The summed E-state index contributed by atoms with van der Waals surface area (Å²) in [5.41, 5.74) is 2.58. The minimum Gasteiger partial charge on any atom is -0.478 e. The number of nitrogens with zero attached hydrogens (tertiary/aromatic N) is 2. The molecule has 4 rings (SSSR count). The van der Waals surface area contributed by atoms with Gasteiger partial charge >= 0.3 is 5.97 Å². The van der Waals surface area contributed by atoms with Gasteiger partial charge in [-0.3, -0.25) is 0 Å². The molecule has 3 heterocycles. The molecule has 3 aromatic rings. The van der Waals surface area contributed by atoms with Crippen LogP contribution >= 0.6 is 0 Å². The summed E-state index contributed by atoms with van der Waals surface area (Å²) in [6.45, 7) is 0.695. The molecule has 0 amide bonds. The lowest BCUT2D eigenvalue weighted by molar-refractivity contribution is -0.00267. The Bertz CT molecular complexity index is 911. The number of carboxylic acid groups (broad SMARTS) is 1.